The Morgan fingerprint density at radius 1 is 1.17 bits per heavy atom. The predicted molar refractivity (Wildman–Crippen MR) is 59.8 cm³/mol. The van der Waals surface area contributed by atoms with Crippen LogP contribution in [-0.2, 0) is 10.9 Å². The highest BCUT2D eigenvalue weighted by atomic mass is 32.2. The Morgan fingerprint density at radius 3 is 2.25 bits per heavy atom. The van der Waals surface area contributed by atoms with Crippen LogP contribution in [0.3, 0.4) is 0 Å². The second-order valence-electron chi connectivity index (χ2n) is 4.14. The van der Waals surface area contributed by atoms with E-state index in [1.54, 1.807) is 0 Å². The second kappa shape index (κ2) is 5.16. The summed E-state index contributed by atoms with van der Waals surface area (Å²) >= 11 is 0. The van der Waals surface area contributed by atoms with E-state index in [1.807, 2.05) is 0 Å². The van der Waals surface area contributed by atoms with Gasteiger partial charge in [-0.2, -0.15) is 0 Å². The lowest BCUT2D eigenvalue weighted by Crippen LogP contribution is -2.18. The number of rotatable bonds is 4. The first kappa shape index (κ1) is 10.4. The van der Waals surface area contributed by atoms with Gasteiger partial charge in [0.05, 0.1) is 0 Å². The van der Waals surface area contributed by atoms with Crippen molar-refractivity contribution in [2.45, 2.75) is 40.0 Å². The molecule has 0 aromatic heterocycles. The maximum absolute atomic E-state index is 2.41. The van der Waals surface area contributed by atoms with Crippen LogP contribution >= 0.6 is 0 Å². The molecule has 0 heterocycles. The molecule has 0 saturated heterocycles. The fourth-order valence-electron chi connectivity index (χ4n) is 2.25. The van der Waals surface area contributed by atoms with E-state index in [0.717, 1.165) is 22.7 Å². The van der Waals surface area contributed by atoms with Crippen LogP contribution in [0.1, 0.15) is 40.0 Å². The average molecular weight is 187 g/mol. The van der Waals surface area contributed by atoms with Crippen LogP contribution in [0.5, 0.6) is 0 Å². The van der Waals surface area contributed by atoms with Gasteiger partial charge in [-0.3, -0.25) is 0 Å². The van der Waals surface area contributed by atoms with Crippen molar-refractivity contribution in [1.29, 1.82) is 0 Å². The van der Waals surface area contributed by atoms with Crippen LogP contribution in [0, 0.1) is 11.8 Å². The van der Waals surface area contributed by atoms with Crippen LogP contribution in [-0.4, -0.2) is 17.3 Å². The summed E-state index contributed by atoms with van der Waals surface area (Å²) in [5.74, 6) is 6.48. The lowest BCUT2D eigenvalue weighted by Gasteiger charge is -2.09. The van der Waals surface area contributed by atoms with E-state index in [-0.39, 0.29) is 0 Å². The Kier molecular flexibility index (Phi) is 4.49. The zero-order chi connectivity index (χ0) is 8.97. The average Bonchev–Trinajstić information content (AvgIpc) is 2.47. The summed E-state index contributed by atoms with van der Waals surface area (Å²) in [6.45, 7) is 7.12. The molecule has 1 rings (SSSR count). The van der Waals surface area contributed by atoms with E-state index in [2.05, 4.69) is 20.8 Å². The van der Waals surface area contributed by atoms with Crippen LogP contribution < -0.4 is 0 Å². The molecule has 0 N–H and O–H groups in total. The molecule has 1 heteroatoms. The van der Waals surface area contributed by atoms with Gasteiger partial charge in [-0.1, -0.05) is 13.3 Å². The Morgan fingerprint density at radius 2 is 1.83 bits per heavy atom. The molecular weight excluding hydrogens is 164 g/mol. The highest BCUT2D eigenvalue weighted by Gasteiger charge is 2.27. The van der Waals surface area contributed by atoms with Gasteiger partial charge in [0, 0.05) is 5.92 Å². The van der Waals surface area contributed by atoms with E-state index < -0.39 is 0 Å². The minimum Gasteiger partial charge on any atom is -0.0625 e. The minimum atomic E-state index is 0.757. The summed E-state index contributed by atoms with van der Waals surface area (Å²) in [7, 11) is 0.757. The van der Waals surface area contributed by atoms with E-state index in [9.17, 15) is 0 Å². The topological polar surface area (TPSA) is 0 Å². The highest BCUT2D eigenvalue weighted by Crippen LogP contribution is 2.31. The maximum Gasteiger partial charge on any atom is 0.110 e. The zero-order valence-corrected chi connectivity index (χ0v) is 9.62. The maximum atomic E-state index is 2.41. The Labute approximate surface area is 80.5 Å². The van der Waals surface area contributed by atoms with Gasteiger partial charge in [-0.25, -0.2) is 0 Å². The molecule has 1 saturated carbocycles. The van der Waals surface area contributed by atoms with Crippen LogP contribution in [0.4, 0.5) is 0 Å². The van der Waals surface area contributed by atoms with Crippen molar-refractivity contribution >= 4 is 10.9 Å². The molecule has 0 nitrogen and oxygen atoms in total. The summed E-state index contributed by atoms with van der Waals surface area (Å²) in [6, 6.07) is 0. The van der Waals surface area contributed by atoms with E-state index in [0.29, 0.717) is 0 Å². The van der Waals surface area contributed by atoms with Gasteiger partial charge in [-0.15, -0.1) is 0 Å². The minimum absolute atomic E-state index is 0.757. The molecule has 0 aromatic rings. The van der Waals surface area contributed by atoms with Gasteiger partial charge in [0.15, 0.2) is 0 Å². The van der Waals surface area contributed by atoms with Crippen LogP contribution in [0.2, 0.25) is 0 Å². The Balaban J connectivity index is 2.21. The first-order valence-corrected chi connectivity index (χ1v) is 7.13. The van der Waals surface area contributed by atoms with Crippen LogP contribution in [0.25, 0.3) is 0 Å². The molecule has 1 aliphatic carbocycles. The van der Waals surface area contributed by atoms with Gasteiger partial charge < -0.3 is 0 Å². The summed E-state index contributed by atoms with van der Waals surface area (Å²) < 4.78 is 0. The third-order valence-electron chi connectivity index (χ3n) is 3.09. The van der Waals surface area contributed by atoms with Crippen molar-refractivity contribution in [2.75, 3.05) is 17.3 Å². The fraction of sp³-hybridized carbons (Fsp3) is 1.00. The molecule has 0 aliphatic heterocycles. The van der Waals surface area contributed by atoms with Crippen LogP contribution in [0.15, 0.2) is 0 Å². The molecule has 1 fully saturated rings. The largest absolute Gasteiger partial charge is 0.110 e. The summed E-state index contributed by atoms with van der Waals surface area (Å²) in [4.78, 5) is 0. The number of hydrogen-bond acceptors (Lipinski definition) is 0. The molecule has 2 unspecified atom stereocenters. The van der Waals surface area contributed by atoms with E-state index in [1.165, 1.54) is 36.5 Å². The zero-order valence-electron chi connectivity index (χ0n) is 8.81. The predicted octanol–water partition coefficient (Wildman–Crippen LogP) is 3.08. The molecule has 72 valence electrons. The first-order chi connectivity index (χ1) is 5.76. The lowest BCUT2D eigenvalue weighted by molar-refractivity contribution is 0.560. The molecule has 2 atom stereocenters. The molecule has 0 amide bonds. The smallest absolute Gasteiger partial charge is 0.0625 e. The van der Waals surface area contributed by atoms with Crippen molar-refractivity contribution in [2.24, 2.45) is 11.8 Å². The van der Waals surface area contributed by atoms with Gasteiger partial charge in [-0.05, 0) is 43.5 Å². The summed E-state index contributed by atoms with van der Waals surface area (Å²) in [6.07, 6.45) is 4.53. The molecule has 0 aromatic carbocycles. The summed E-state index contributed by atoms with van der Waals surface area (Å²) in [5.41, 5.74) is 0. The van der Waals surface area contributed by atoms with E-state index >= 15 is 0 Å². The summed E-state index contributed by atoms with van der Waals surface area (Å²) in [5, 5.41) is 0. The Hall–Kier alpha value is 0.350. The molecule has 0 radical (unpaired) electrons. The monoisotopic (exact) mass is 187 g/mol. The fourth-order valence-corrected chi connectivity index (χ4v) is 4.10. The normalized spacial score (nSPS) is 30.0. The molecule has 12 heavy (non-hydrogen) atoms. The van der Waals surface area contributed by atoms with E-state index in [4.69, 9.17) is 0 Å². The van der Waals surface area contributed by atoms with Gasteiger partial charge in [0.1, 0.15) is 17.3 Å². The molecule has 0 bridgehead atoms. The molecule has 1 aliphatic rings. The first-order valence-electron chi connectivity index (χ1n) is 5.40. The highest BCUT2D eigenvalue weighted by molar-refractivity contribution is 7.96. The van der Waals surface area contributed by atoms with Crippen molar-refractivity contribution in [3.05, 3.63) is 0 Å². The van der Waals surface area contributed by atoms with Gasteiger partial charge in [0.25, 0.3) is 0 Å². The Bertz CT molecular complexity index is 118. The molecule has 0 spiro atoms. The van der Waals surface area contributed by atoms with Crippen molar-refractivity contribution in [3.8, 4) is 0 Å². The van der Waals surface area contributed by atoms with Crippen molar-refractivity contribution < 1.29 is 0 Å². The third-order valence-corrected chi connectivity index (χ3v) is 5.67. The standard InChI is InChI=1S/C11H23S/c1-4-12(5-2)9-11-7-6-10(3)8-11/h10-11H,4-9H2,1-3H3/q+1. The quantitative estimate of drug-likeness (QED) is 0.593. The van der Waals surface area contributed by atoms with Gasteiger partial charge >= 0.3 is 0 Å². The SMILES string of the molecule is CC[S+](CC)CC1CCC(C)C1. The lowest BCUT2D eigenvalue weighted by atomic mass is 10.1. The third kappa shape index (κ3) is 3.01. The molecular formula is C11H23S+. The van der Waals surface area contributed by atoms with Gasteiger partial charge in [0.2, 0.25) is 0 Å². The number of hydrogen-bond donors (Lipinski definition) is 0. The van der Waals surface area contributed by atoms with Crippen molar-refractivity contribution in [3.63, 3.8) is 0 Å². The second-order valence-corrected chi connectivity index (χ2v) is 6.85. The van der Waals surface area contributed by atoms with Crippen molar-refractivity contribution in [1.82, 2.24) is 0 Å².